The summed E-state index contributed by atoms with van der Waals surface area (Å²) in [5.74, 6) is -0.213. The number of unbranched alkanes of at least 4 members (excludes halogenated alkanes) is 2. The van der Waals surface area contributed by atoms with Crippen LogP contribution in [0.2, 0.25) is 4.34 Å². The normalized spacial score (nSPS) is 11.1. The summed E-state index contributed by atoms with van der Waals surface area (Å²) >= 11 is 8.68. The summed E-state index contributed by atoms with van der Waals surface area (Å²) in [7, 11) is 1.75. The quantitative estimate of drug-likeness (QED) is 0.248. The van der Waals surface area contributed by atoms with E-state index in [4.69, 9.17) is 17.3 Å². The first-order valence-corrected chi connectivity index (χ1v) is 12.4. The van der Waals surface area contributed by atoms with Gasteiger partial charge in [-0.15, -0.1) is 11.3 Å². The van der Waals surface area contributed by atoms with Crippen LogP contribution in [0, 0.1) is 0 Å². The molecule has 2 aromatic heterocycles. The maximum Gasteiger partial charge on any atom is 0.262 e. The number of aromatic nitrogens is 2. The van der Waals surface area contributed by atoms with E-state index in [1.807, 2.05) is 24.3 Å². The minimum Gasteiger partial charge on any atom is -0.370 e. The highest BCUT2D eigenvalue weighted by atomic mass is 35.5. The Morgan fingerprint density at radius 1 is 1.19 bits per heavy atom. The summed E-state index contributed by atoms with van der Waals surface area (Å²) in [6.07, 6.45) is 2.51. The van der Waals surface area contributed by atoms with Crippen LogP contribution < -0.4 is 11.3 Å². The molecule has 3 rings (SSSR count). The van der Waals surface area contributed by atoms with Gasteiger partial charge in [-0.25, -0.2) is 4.98 Å². The second-order valence-corrected chi connectivity index (χ2v) is 10.1. The van der Waals surface area contributed by atoms with Gasteiger partial charge in [0.2, 0.25) is 11.8 Å². The van der Waals surface area contributed by atoms with Gasteiger partial charge in [0, 0.05) is 24.9 Å². The van der Waals surface area contributed by atoms with Gasteiger partial charge in [0.05, 0.1) is 27.5 Å². The molecule has 3 aromatic rings. The van der Waals surface area contributed by atoms with Crippen molar-refractivity contribution in [1.29, 1.82) is 0 Å². The lowest BCUT2D eigenvalue weighted by Gasteiger charge is -2.17. The lowest BCUT2D eigenvalue weighted by molar-refractivity contribution is -0.127. The number of halogens is 1. The fourth-order valence-electron chi connectivity index (χ4n) is 3.20. The molecule has 0 spiro atoms. The second kappa shape index (κ2) is 11.5. The van der Waals surface area contributed by atoms with Crippen LogP contribution in [0.15, 0.2) is 46.3 Å². The number of carbonyl (C=O) groups is 2. The average Bonchev–Trinajstić information content (AvgIpc) is 3.17. The van der Waals surface area contributed by atoms with Crippen molar-refractivity contribution in [3.8, 4) is 0 Å². The molecule has 2 N–H and O–H groups in total. The number of hydrogen-bond acceptors (Lipinski definition) is 6. The Hall–Kier alpha value is -2.36. The zero-order chi connectivity index (χ0) is 23.1. The van der Waals surface area contributed by atoms with Crippen molar-refractivity contribution in [2.24, 2.45) is 5.73 Å². The number of rotatable bonds is 11. The van der Waals surface area contributed by atoms with Gasteiger partial charge in [0.1, 0.15) is 0 Å². The minimum absolute atomic E-state index is 0.0602. The van der Waals surface area contributed by atoms with Gasteiger partial charge in [-0.1, -0.05) is 41.9 Å². The fraction of sp³-hybridized carbons (Fsp3) is 0.364. The molecular formula is C22H25ClN4O3S2. The van der Waals surface area contributed by atoms with Gasteiger partial charge in [-0.3, -0.25) is 19.0 Å². The van der Waals surface area contributed by atoms with Gasteiger partial charge in [-0.2, -0.15) is 0 Å². The van der Waals surface area contributed by atoms with Crippen LogP contribution in [0.3, 0.4) is 0 Å². The molecule has 32 heavy (non-hydrogen) atoms. The smallest absolute Gasteiger partial charge is 0.262 e. The molecule has 0 aliphatic carbocycles. The number of para-hydroxylation sites is 1. The maximum absolute atomic E-state index is 13.1. The van der Waals surface area contributed by atoms with E-state index in [9.17, 15) is 14.4 Å². The van der Waals surface area contributed by atoms with E-state index in [2.05, 4.69) is 4.98 Å². The SMILES string of the molecule is CN(Cc1ccc(Cl)s1)C(=O)CSc1nc2ccccc2c(=O)n1CCCCCC(N)=O. The predicted octanol–water partition coefficient (Wildman–Crippen LogP) is 3.91. The lowest BCUT2D eigenvalue weighted by Crippen LogP contribution is -2.28. The van der Waals surface area contributed by atoms with Gasteiger partial charge in [0.15, 0.2) is 5.16 Å². The summed E-state index contributed by atoms with van der Waals surface area (Å²) in [6.45, 7) is 0.948. The first-order chi connectivity index (χ1) is 15.3. The minimum atomic E-state index is -0.321. The molecule has 2 heterocycles. The van der Waals surface area contributed by atoms with Crippen molar-refractivity contribution < 1.29 is 9.59 Å². The molecule has 1 aromatic carbocycles. The molecule has 0 atom stereocenters. The molecule has 0 saturated carbocycles. The van der Waals surface area contributed by atoms with Crippen molar-refractivity contribution in [2.75, 3.05) is 12.8 Å². The highest BCUT2D eigenvalue weighted by Gasteiger charge is 2.16. The molecular weight excluding hydrogens is 468 g/mol. The summed E-state index contributed by atoms with van der Waals surface area (Å²) in [6, 6.07) is 10.9. The third-order valence-corrected chi connectivity index (χ3v) is 7.08. The summed E-state index contributed by atoms with van der Waals surface area (Å²) in [4.78, 5) is 44.0. The number of benzene rings is 1. The Balaban J connectivity index is 1.71. The van der Waals surface area contributed by atoms with Crippen LogP contribution in [0.25, 0.3) is 10.9 Å². The lowest BCUT2D eigenvalue weighted by atomic mass is 10.2. The third-order valence-electron chi connectivity index (χ3n) is 4.90. The molecule has 10 heteroatoms. The number of thiophene rings is 1. The van der Waals surface area contributed by atoms with Crippen LogP contribution in [-0.2, 0) is 22.7 Å². The molecule has 0 saturated heterocycles. The zero-order valence-corrected chi connectivity index (χ0v) is 20.1. The van der Waals surface area contributed by atoms with Crippen molar-refractivity contribution in [1.82, 2.24) is 14.5 Å². The van der Waals surface area contributed by atoms with Crippen molar-refractivity contribution in [2.45, 2.75) is 43.9 Å². The van der Waals surface area contributed by atoms with Crippen LogP contribution in [0.4, 0.5) is 0 Å². The van der Waals surface area contributed by atoms with Gasteiger partial charge in [-0.05, 0) is 37.1 Å². The topological polar surface area (TPSA) is 98.3 Å². The number of nitrogens with two attached hydrogens (primary N) is 1. The number of nitrogens with zero attached hydrogens (tertiary/aromatic N) is 3. The van der Waals surface area contributed by atoms with Gasteiger partial charge in [0.25, 0.3) is 5.56 Å². The Morgan fingerprint density at radius 2 is 1.97 bits per heavy atom. The Morgan fingerprint density at radius 3 is 2.69 bits per heavy atom. The van der Waals surface area contributed by atoms with E-state index in [0.29, 0.717) is 52.7 Å². The van der Waals surface area contributed by atoms with Crippen LogP contribution in [0.5, 0.6) is 0 Å². The molecule has 2 amide bonds. The van der Waals surface area contributed by atoms with E-state index in [0.717, 1.165) is 11.3 Å². The number of hydrogen-bond donors (Lipinski definition) is 1. The second-order valence-electron chi connectivity index (χ2n) is 7.39. The number of thioether (sulfide) groups is 1. The molecule has 170 valence electrons. The average molecular weight is 493 g/mol. The number of primary amides is 1. The summed E-state index contributed by atoms with van der Waals surface area (Å²) < 4.78 is 2.32. The highest BCUT2D eigenvalue weighted by molar-refractivity contribution is 7.99. The first-order valence-electron chi connectivity index (χ1n) is 10.2. The molecule has 0 fully saturated rings. The van der Waals surface area contributed by atoms with E-state index in [1.165, 1.54) is 23.1 Å². The number of fused-ring (bicyclic) bond motifs is 1. The molecule has 0 unspecified atom stereocenters. The van der Waals surface area contributed by atoms with E-state index in [-0.39, 0.29) is 23.1 Å². The zero-order valence-electron chi connectivity index (χ0n) is 17.8. The summed E-state index contributed by atoms with van der Waals surface area (Å²) in [5.41, 5.74) is 5.68. The molecule has 0 aliphatic rings. The highest BCUT2D eigenvalue weighted by Crippen LogP contribution is 2.23. The van der Waals surface area contributed by atoms with E-state index < -0.39 is 0 Å². The van der Waals surface area contributed by atoms with E-state index >= 15 is 0 Å². The largest absolute Gasteiger partial charge is 0.370 e. The predicted molar refractivity (Wildman–Crippen MR) is 130 cm³/mol. The monoisotopic (exact) mass is 492 g/mol. The molecule has 7 nitrogen and oxygen atoms in total. The van der Waals surface area contributed by atoms with Crippen molar-refractivity contribution in [3.63, 3.8) is 0 Å². The Kier molecular flexibility index (Phi) is 8.72. The Bertz CT molecular complexity index is 1160. The maximum atomic E-state index is 13.1. The van der Waals surface area contributed by atoms with Crippen LogP contribution in [-0.4, -0.2) is 39.1 Å². The standard InChI is InChI=1S/C22H25ClN4O3S2/c1-26(13-15-10-11-18(23)32-15)20(29)14-31-22-25-17-8-5-4-7-16(17)21(30)27(22)12-6-2-3-9-19(24)28/h4-5,7-8,10-11H,2-3,6,9,12-14H2,1H3,(H2,24,28). The molecule has 0 aliphatic heterocycles. The summed E-state index contributed by atoms with van der Waals surface area (Å²) in [5, 5.41) is 1.07. The van der Waals surface area contributed by atoms with Crippen LogP contribution in [0.1, 0.15) is 30.6 Å². The van der Waals surface area contributed by atoms with Crippen LogP contribution >= 0.6 is 34.7 Å². The van der Waals surface area contributed by atoms with E-state index in [1.54, 1.807) is 28.6 Å². The Labute approximate surface area is 199 Å². The third kappa shape index (κ3) is 6.57. The van der Waals surface area contributed by atoms with Crippen molar-refractivity contribution >= 4 is 57.4 Å². The first kappa shape index (κ1) is 24.3. The fourth-order valence-corrected chi connectivity index (χ4v) is 5.30. The molecule has 0 bridgehead atoms. The molecule has 0 radical (unpaired) electrons. The number of carbonyl (C=O) groups excluding carboxylic acids is 2. The van der Waals surface area contributed by atoms with Crippen molar-refractivity contribution in [3.05, 3.63) is 56.0 Å². The van der Waals surface area contributed by atoms with Gasteiger partial charge < -0.3 is 10.6 Å². The number of amides is 2. The van der Waals surface area contributed by atoms with Gasteiger partial charge >= 0.3 is 0 Å².